The number of rotatable bonds is 10. The fraction of sp³-hybridized carbons (Fsp3) is 0.147. The molecule has 4 aromatic carbocycles. The van der Waals surface area contributed by atoms with E-state index < -0.39 is 6.04 Å². The molecule has 5 rings (SSSR count). The number of carbonyl (C=O) groups excluding carboxylic acids is 1. The molecule has 1 aromatic heterocycles. The van der Waals surface area contributed by atoms with Crippen molar-refractivity contribution in [1.82, 2.24) is 20.1 Å². The van der Waals surface area contributed by atoms with Crippen molar-refractivity contribution in [3.63, 3.8) is 0 Å². The zero-order valence-corrected chi connectivity index (χ0v) is 24.6. The minimum atomic E-state index is -0.440. The predicted molar refractivity (Wildman–Crippen MR) is 168 cm³/mol. The van der Waals surface area contributed by atoms with Crippen molar-refractivity contribution < 1.29 is 4.79 Å². The number of halogens is 1. The second-order valence-electron chi connectivity index (χ2n) is 9.88. The first-order valence-electron chi connectivity index (χ1n) is 13.4. The van der Waals surface area contributed by atoms with Crippen molar-refractivity contribution in [3.8, 4) is 5.69 Å². The Morgan fingerprint density at radius 2 is 1.63 bits per heavy atom. The predicted octanol–water partition coefficient (Wildman–Crippen LogP) is 7.94. The number of thioether (sulfide) groups is 1. The summed E-state index contributed by atoms with van der Waals surface area (Å²) < 4.78 is 2.04. The van der Waals surface area contributed by atoms with Crippen molar-refractivity contribution in [2.75, 3.05) is 0 Å². The topological polar surface area (TPSA) is 59.8 Å². The van der Waals surface area contributed by atoms with Crippen LogP contribution < -0.4 is 5.32 Å². The van der Waals surface area contributed by atoms with Gasteiger partial charge in [0.1, 0.15) is 0 Å². The van der Waals surface area contributed by atoms with E-state index in [2.05, 4.69) is 58.8 Å². The maximum absolute atomic E-state index is 13.2. The molecular formula is C34H31ClN4OS. The van der Waals surface area contributed by atoms with Gasteiger partial charge in [0.2, 0.25) is 5.91 Å². The quantitative estimate of drug-likeness (QED) is 0.135. The van der Waals surface area contributed by atoms with E-state index in [1.807, 2.05) is 84.3 Å². The van der Waals surface area contributed by atoms with Crippen molar-refractivity contribution in [1.29, 1.82) is 0 Å². The van der Waals surface area contributed by atoms with Crippen LogP contribution in [0.25, 0.3) is 11.8 Å². The molecule has 0 saturated carbocycles. The smallest absolute Gasteiger partial charge is 0.244 e. The van der Waals surface area contributed by atoms with Crippen LogP contribution in [0.1, 0.15) is 39.7 Å². The lowest BCUT2D eigenvalue weighted by Crippen LogP contribution is -2.30. The minimum Gasteiger partial charge on any atom is -0.342 e. The van der Waals surface area contributed by atoms with Crippen LogP contribution in [0.15, 0.2) is 114 Å². The van der Waals surface area contributed by atoms with E-state index in [1.165, 1.54) is 11.1 Å². The van der Waals surface area contributed by atoms with E-state index in [0.717, 1.165) is 33.3 Å². The summed E-state index contributed by atoms with van der Waals surface area (Å²) in [6, 6.07) is 33.7. The summed E-state index contributed by atoms with van der Waals surface area (Å²) in [6.07, 6.45) is 3.92. The molecule has 1 heterocycles. The summed E-state index contributed by atoms with van der Waals surface area (Å²) in [5.41, 5.74) is 6.36. The third-order valence-corrected chi connectivity index (χ3v) is 7.89. The summed E-state index contributed by atoms with van der Waals surface area (Å²) >= 11 is 8.09. The van der Waals surface area contributed by atoms with Gasteiger partial charge in [-0.3, -0.25) is 9.36 Å². The van der Waals surface area contributed by atoms with Gasteiger partial charge in [0, 0.05) is 16.9 Å². The van der Waals surface area contributed by atoms with Gasteiger partial charge < -0.3 is 5.32 Å². The Morgan fingerprint density at radius 3 is 2.39 bits per heavy atom. The zero-order chi connectivity index (χ0) is 28.6. The highest BCUT2D eigenvalue weighted by molar-refractivity contribution is 7.98. The molecule has 1 N–H and O–H groups in total. The van der Waals surface area contributed by atoms with Gasteiger partial charge in [0.15, 0.2) is 11.0 Å². The number of hydrogen-bond donors (Lipinski definition) is 1. The largest absolute Gasteiger partial charge is 0.342 e. The van der Waals surface area contributed by atoms with E-state index in [1.54, 1.807) is 17.8 Å². The van der Waals surface area contributed by atoms with Crippen molar-refractivity contribution >= 4 is 35.3 Å². The van der Waals surface area contributed by atoms with E-state index in [0.29, 0.717) is 17.3 Å². The summed E-state index contributed by atoms with van der Waals surface area (Å²) in [4.78, 5) is 13.2. The van der Waals surface area contributed by atoms with Crippen LogP contribution in [0, 0.1) is 13.8 Å². The Balaban J connectivity index is 1.53. The number of hydrogen-bond acceptors (Lipinski definition) is 4. The Kier molecular flexibility index (Phi) is 9.34. The van der Waals surface area contributed by atoms with Gasteiger partial charge in [-0.25, -0.2) is 0 Å². The Morgan fingerprint density at radius 1 is 0.902 bits per heavy atom. The van der Waals surface area contributed by atoms with Crippen molar-refractivity contribution in [2.45, 2.75) is 37.2 Å². The first-order valence-corrected chi connectivity index (χ1v) is 14.8. The van der Waals surface area contributed by atoms with E-state index in [9.17, 15) is 4.79 Å². The third kappa shape index (κ3) is 7.54. The van der Waals surface area contributed by atoms with Crippen LogP contribution >= 0.6 is 23.4 Å². The second kappa shape index (κ2) is 13.5. The monoisotopic (exact) mass is 578 g/mol. The average Bonchev–Trinajstić information content (AvgIpc) is 3.41. The highest BCUT2D eigenvalue weighted by Crippen LogP contribution is 2.31. The standard InChI is InChI=1S/C34H31ClN4OS/c1-24-10-9-15-28(20-24)23-41-34-38-37-33(39(34)31-22-29(35)18-16-25(31)2)30(21-27-13-7-4-8-14-27)36-32(40)19-17-26-11-5-3-6-12-26/h3-20,22,30H,21,23H2,1-2H3,(H,36,40)/b19-17+. The number of aromatic nitrogens is 3. The number of benzene rings is 4. The summed E-state index contributed by atoms with van der Waals surface area (Å²) in [5, 5.41) is 13.9. The lowest BCUT2D eigenvalue weighted by Gasteiger charge is -2.21. The van der Waals surface area contributed by atoms with E-state index >= 15 is 0 Å². The molecule has 0 bridgehead atoms. The number of amides is 1. The highest BCUT2D eigenvalue weighted by atomic mass is 35.5. The van der Waals surface area contributed by atoms with Crippen LogP contribution in [0.3, 0.4) is 0 Å². The molecule has 0 saturated heterocycles. The van der Waals surface area contributed by atoms with E-state index in [4.69, 9.17) is 11.6 Å². The highest BCUT2D eigenvalue weighted by Gasteiger charge is 2.25. The first-order chi connectivity index (χ1) is 20.0. The lowest BCUT2D eigenvalue weighted by molar-refractivity contribution is -0.117. The summed E-state index contributed by atoms with van der Waals surface area (Å²) in [7, 11) is 0. The maximum atomic E-state index is 13.2. The number of aryl methyl sites for hydroxylation is 2. The SMILES string of the molecule is Cc1cccc(CSc2nnc(C(Cc3ccccc3)NC(=O)/C=C/c3ccccc3)n2-c2cc(Cl)ccc2C)c1. The lowest BCUT2D eigenvalue weighted by atomic mass is 10.0. The molecule has 0 fully saturated rings. The van der Waals surface area contributed by atoms with Gasteiger partial charge in [0.05, 0.1) is 11.7 Å². The fourth-order valence-corrected chi connectivity index (χ4v) is 5.67. The third-order valence-electron chi connectivity index (χ3n) is 6.66. The van der Waals surface area contributed by atoms with Gasteiger partial charge in [-0.05, 0) is 60.7 Å². The normalized spacial score (nSPS) is 12.0. The van der Waals surface area contributed by atoms with Crippen LogP contribution in [-0.2, 0) is 17.0 Å². The maximum Gasteiger partial charge on any atom is 0.244 e. The molecule has 41 heavy (non-hydrogen) atoms. The minimum absolute atomic E-state index is 0.207. The molecular weight excluding hydrogens is 548 g/mol. The van der Waals surface area contributed by atoms with Gasteiger partial charge in [-0.1, -0.05) is 120 Å². The molecule has 5 nitrogen and oxygen atoms in total. The molecule has 5 aromatic rings. The molecule has 0 aliphatic heterocycles. The van der Waals surface area contributed by atoms with Gasteiger partial charge >= 0.3 is 0 Å². The van der Waals surface area contributed by atoms with Gasteiger partial charge in [-0.15, -0.1) is 10.2 Å². The Bertz CT molecular complexity index is 1650. The first kappa shape index (κ1) is 28.4. The number of nitrogens with one attached hydrogen (secondary N) is 1. The molecule has 1 atom stereocenters. The Labute approximate surface area is 250 Å². The average molecular weight is 579 g/mol. The van der Waals surface area contributed by atoms with Crippen molar-refractivity contribution in [2.24, 2.45) is 0 Å². The van der Waals surface area contributed by atoms with Crippen LogP contribution in [0.4, 0.5) is 0 Å². The second-order valence-corrected chi connectivity index (χ2v) is 11.3. The molecule has 7 heteroatoms. The molecule has 1 amide bonds. The molecule has 0 spiro atoms. The van der Waals surface area contributed by atoms with Gasteiger partial charge in [-0.2, -0.15) is 0 Å². The van der Waals surface area contributed by atoms with Crippen LogP contribution in [0.2, 0.25) is 5.02 Å². The van der Waals surface area contributed by atoms with Crippen LogP contribution in [-0.4, -0.2) is 20.7 Å². The van der Waals surface area contributed by atoms with Crippen molar-refractivity contribution in [3.05, 3.63) is 148 Å². The number of nitrogens with zero attached hydrogens (tertiary/aromatic N) is 3. The molecule has 0 radical (unpaired) electrons. The van der Waals surface area contributed by atoms with Gasteiger partial charge in [0.25, 0.3) is 0 Å². The molecule has 0 aliphatic rings. The summed E-state index contributed by atoms with van der Waals surface area (Å²) in [5.74, 6) is 1.17. The van der Waals surface area contributed by atoms with E-state index in [-0.39, 0.29) is 5.91 Å². The summed E-state index contributed by atoms with van der Waals surface area (Å²) in [6.45, 7) is 4.13. The molecule has 1 unspecified atom stereocenters. The zero-order valence-electron chi connectivity index (χ0n) is 23.0. The Hall–Kier alpha value is -4.13. The van der Waals surface area contributed by atoms with Crippen LogP contribution in [0.5, 0.6) is 0 Å². The molecule has 206 valence electrons. The molecule has 0 aliphatic carbocycles. The fourth-order valence-electron chi connectivity index (χ4n) is 4.61. The number of carbonyl (C=O) groups is 1.